The summed E-state index contributed by atoms with van der Waals surface area (Å²) in [6.45, 7) is -1.95. The standard InChI is InChI=1S/C8H10O5/c9-2-1-7(3-10)8(4-11,5-12)6-13/h1,11-13H,4-6H2. The Morgan fingerprint density at radius 2 is 1.62 bits per heavy atom. The van der Waals surface area contributed by atoms with Gasteiger partial charge in [-0.05, 0) is 0 Å². The molecule has 0 aliphatic carbocycles. The molecule has 0 saturated heterocycles. The van der Waals surface area contributed by atoms with Gasteiger partial charge in [-0.2, -0.15) is 0 Å². The number of hydrogen-bond acceptors (Lipinski definition) is 5. The van der Waals surface area contributed by atoms with Crippen molar-refractivity contribution in [3.05, 3.63) is 11.6 Å². The first-order chi connectivity index (χ1) is 6.20. The molecule has 0 aliphatic heterocycles. The minimum absolute atomic E-state index is 0.296. The molecule has 0 aromatic rings. The van der Waals surface area contributed by atoms with Gasteiger partial charge in [-0.15, -0.1) is 0 Å². The normalized spacial score (nSPS) is 10.1. The Hall–Kier alpha value is -1.22. The van der Waals surface area contributed by atoms with E-state index in [0.29, 0.717) is 0 Å². The maximum atomic E-state index is 10.3. The highest BCUT2D eigenvalue weighted by Crippen LogP contribution is 2.24. The Labute approximate surface area is 74.6 Å². The molecular formula is C8H10O5. The molecule has 13 heavy (non-hydrogen) atoms. The Morgan fingerprint density at radius 3 is 1.85 bits per heavy atom. The SMILES string of the molecule is O=C=CC(=C=O)C(CO)(CO)CO. The predicted octanol–water partition coefficient (Wildman–Crippen LogP) is -1.90. The minimum Gasteiger partial charge on any atom is -0.395 e. The van der Waals surface area contributed by atoms with Crippen molar-refractivity contribution in [1.29, 1.82) is 0 Å². The molecule has 3 N–H and O–H groups in total. The first kappa shape index (κ1) is 11.8. The quantitative estimate of drug-likeness (QED) is 0.344. The van der Waals surface area contributed by atoms with Crippen molar-refractivity contribution in [2.24, 2.45) is 5.41 Å². The first-order valence-electron chi connectivity index (χ1n) is 3.49. The summed E-state index contributed by atoms with van der Waals surface area (Å²) in [5.74, 6) is 2.68. The lowest BCUT2D eigenvalue weighted by Crippen LogP contribution is -2.35. The molecule has 0 spiro atoms. The lowest BCUT2D eigenvalue weighted by molar-refractivity contribution is 0.0367. The zero-order valence-electron chi connectivity index (χ0n) is 6.86. The molecule has 0 saturated carbocycles. The fourth-order valence-electron chi connectivity index (χ4n) is 0.755. The van der Waals surface area contributed by atoms with E-state index in [1.54, 1.807) is 0 Å². The Bertz CT molecular complexity index is 245. The molecule has 0 rings (SSSR count). The van der Waals surface area contributed by atoms with Crippen LogP contribution in [0, 0.1) is 5.41 Å². The summed E-state index contributed by atoms with van der Waals surface area (Å²) in [6, 6.07) is 0. The smallest absolute Gasteiger partial charge is 0.129 e. The van der Waals surface area contributed by atoms with Gasteiger partial charge in [0, 0.05) is 6.08 Å². The maximum absolute atomic E-state index is 10.3. The summed E-state index contributed by atoms with van der Waals surface area (Å²) in [4.78, 5) is 20.3. The molecule has 0 radical (unpaired) electrons. The van der Waals surface area contributed by atoms with E-state index in [4.69, 9.17) is 15.3 Å². The van der Waals surface area contributed by atoms with E-state index >= 15 is 0 Å². The molecule has 0 amide bonds. The minimum atomic E-state index is -1.51. The molecule has 0 fully saturated rings. The molecule has 0 aromatic carbocycles. The number of allylic oxidation sites excluding steroid dienone is 1. The number of aliphatic hydroxyl groups is 3. The van der Waals surface area contributed by atoms with Crippen LogP contribution in [-0.4, -0.2) is 47.0 Å². The van der Waals surface area contributed by atoms with Crippen molar-refractivity contribution in [2.75, 3.05) is 19.8 Å². The highest BCUT2D eigenvalue weighted by Gasteiger charge is 2.32. The van der Waals surface area contributed by atoms with Crippen LogP contribution in [0.4, 0.5) is 0 Å². The molecule has 0 atom stereocenters. The van der Waals surface area contributed by atoms with Gasteiger partial charge in [0.15, 0.2) is 0 Å². The number of aliphatic hydroxyl groups excluding tert-OH is 3. The van der Waals surface area contributed by atoms with Gasteiger partial charge in [0.05, 0.1) is 30.8 Å². The third-order valence-electron chi connectivity index (χ3n) is 1.79. The second kappa shape index (κ2) is 5.43. The largest absolute Gasteiger partial charge is 0.395 e. The molecule has 0 bridgehead atoms. The van der Waals surface area contributed by atoms with Crippen molar-refractivity contribution in [2.45, 2.75) is 0 Å². The van der Waals surface area contributed by atoms with E-state index in [1.807, 2.05) is 0 Å². The van der Waals surface area contributed by atoms with E-state index in [1.165, 1.54) is 11.9 Å². The number of rotatable bonds is 5. The van der Waals surface area contributed by atoms with E-state index in [0.717, 1.165) is 6.08 Å². The monoisotopic (exact) mass is 186 g/mol. The van der Waals surface area contributed by atoms with E-state index in [-0.39, 0.29) is 5.57 Å². The van der Waals surface area contributed by atoms with Crippen molar-refractivity contribution in [3.63, 3.8) is 0 Å². The first-order valence-corrected chi connectivity index (χ1v) is 3.49. The molecule has 5 heteroatoms. The van der Waals surface area contributed by atoms with Crippen LogP contribution in [0.5, 0.6) is 0 Å². The van der Waals surface area contributed by atoms with E-state index in [2.05, 4.69) is 0 Å². The van der Waals surface area contributed by atoms with E-state index in [9.17, 15) is 9.59 Å². The summed E-state index contributed by atoms with van der Waals surface area (Å²) < 4.78 is 0. The molecule has 0 aromatic heterocycles. The molecule has 72 valence electrons. The third-order valence-corrected chi connectivity index (χ3v) is 1.79. The third kappa shape index (κ3) is 2.36. The van der Waals surface area contributed by atoms with Crippen LogP contribution in [0.2, 0.25) is 0 Å². The van der Waals surface area contributed by atoms with Gasteiger partial charge in [0.2, 0.25) is 0 Å². The zero-order chi connectivity index (χ0) is 10.3. The van der Waals surface area contributed by atoms with Gasteiger partial charge in [0.1, 0.15) is 11.9 Å². The highest BCUT2D eigenvalue weighted by atomic mass is 16.3. The van der Waals surface area contributed by atoms with Crippen LogP contribution in [0.25, 0.3) is 0 Å². The molecular weight excluding hydrogens is 176 g/mol. The fraction of sp³-hybridized carbons (Fsp3) is 0.500. The second-order valence-corrected chi connectivity index (χ2v) is 2.53. The van der Waals surface area contributed by atoms with Crippen LogP contribution in [-0.2, 0) is 9.59 Å². The van der Waals surface area contributed by atoms with Crippen LogP contribution < -0.4 is 0 Å². The van der Waals surface area contributed by atoms with Gasteiger partial charge in [-0.1, -0.05) is 0 Å². The summed E-state index contributed by atoms with van der Waals surface area (Å²) in [5, 5.41) is 26.5. The van der Waals surface area contributed by atoms with Gasteiger partial charge in [0.25, 0.3) is 0 Å². The zero-order valence-corrected chi connectivity index (χ0v) is 6.86. The summed E-state index contributed by atoms with van der Waals surface area (Å²) in [7, 11) is 0. The van der Waals surface area contributed by atoms with Crippen molar-refractivity contribution in [3.8, 4) is 0 Å². The Kier molecular flexibility index (Phi) is 4.92. The summed E-state index contributed by atoms with van der Waals surface area (Å²) in [5.41, 5.74) is -1.81. The predicted molar refractivity (Wildman–Crippen MR) is 43.2 cm³/mol. The van der Waals surface area contributed by atoms with Gasteiger partial charge in [-0.25, -0.2) is 9.59 Å². The van der Waals surface area contributed by atoms with Crippen LogP contribution in [0.1, 0.15) is 0 Å². The molecule has 0 heterocycles. The van der Waals surface area contributed by atoms with Crippen LogP contribution in [0.3, 0.4) is 0 Å². The summed E-state index contributed by atoms with van der Waals surface area (Å²) in [6.07, 6.45) is 0.732. The average Bonchev–Trinajstić information content (AvgIpc) is 2.19. The molecule has 0 aliphatic rings. The van der Waals surface area contributed by atoms with Crippen LogP contribution in [0.15, 0.2) is 11.6 Å². The Balaban J connectivity index is 5.12. The molecule has 0 unspecified atom stereocenters. The summed E-state index contributed by atoms with van der Waals surface area (Å²) >= 11 is 0. The van der Waals surface area contributed by atoms with Crippen molar-refractivity contribution in [1.82, 2.24) is 0 Å². The molecule has 5 nitrogen and oxygen atoms in total. The van der Waals surface area contributed by atoms with E-state index < -0.39 is 25.2 Å². The van der Waals surface area contributed by atoms with Gasteiger partial charge >= 0.3 is 0 Å². The average molecular weight is 186 g/mol. The number of hydrogen-bond donors (Lipinski definition) is 3. The topological polar surface area (TPSA) is 94.8 Å². The fourth-order valence-corrected chi connectivity index (χ4v) is 0.755. The lowest BCUT2D eigenvalue weighted by Gasteiger charge is -2.25. The van der Waals surface area contributed by atoms with Gasteiger partial charge < -0.3 is 15.3 Å². The second-order valence-electron chi connectivity index (χ2n) is 2.53. The van der Waals surface area contributed by atoms with Crippen LogP contribution >= 0.6 is 0 Å². The number of carbonyl (C=O) groups excluding carboxylic acids is 2. The van der Waals surface area contributed by atoms with Gasteiger partial charge in [-0.3, -0.25) is 0 Å². The van der Waals surface area contributed by atoms with Crippen molar-refractivity contribution < 1.29 is 24.9 Å². The van der Waals surface area contributed by atoms with Crippen molar-refractivity contribution >= 4 is 11.9 Å². The Morgan fingerprint density at radius 1 is 1.15 bits per heavy atom. The highest BCUT2D eigenvalue weighted by molar-refractivity contribution is 5.67. The lowest BCUT2D eigenvalue weighted by atomic mass is 9.83. The maximum Gasteiger partial charge on any atom is 0.129 e.